The van der Waals surface area contributed by atoms with Gasteiger partial charge in [0.2, 0.25) is 0 Å². The molecule has 0 saturated carbocycles. The second-order valence-corrected chi connectivity index (χ2v) is 8.51. The molecular weight excluding hydrogens is 445 g/mol. The quantitative estimate of drug-likeness (QED) is 0.425. The molecule has 0 spiro atoms. The minimum Gasteiger partial charge on any atom is -0.347 e. The van der Waals surface area contributed by atoms with Crippen LogP contribution < -0.4 is 16.6 Å². The van der Waals surface area contributed by atoms with Gasteiger partial charge in [-0.3, -0.25) is 23.4 Å². The molecular formula is C24H20FN3O4S. The largest absolute Gasteiger partial charge is 0.347 e. The van der Waals surface area contributed by atoms with Gasteiger partial charge in [-0.15, -0.1) is 11.3 Å². The van der Waals surface area contributed by atoms with Crippen LogP contribution in [0.25, 0.3) is 4.83 Å². The summed E-state index contributed by atoms with van der Waals surface area (Å²) >= 11 is 1.04. The first-order valence-corrected chi connectivity index (χ1v) is 11.0. The molecule has 33 heavy (non-hydrogen) atoms. The number of hydrogen-bond donors (Lipinski definition) is 1. The molecule has 0 atom stereocenters. The molecule has 2 aromatic heterocycles. The van der Waals surface area contributed by atoms with Gasteiger partial charge in [0.05, 0.1) is 0 Å². The molecule has 7 nitrogen and oxygen atoms in total. The zero-order chi connectivity index (χ0) is 23.5. The normalized spacial score (nSPS) is 11.0. The molecule has 168 valence electrons. The third-order valence-electron chi connectivity index (χ3n) is 5.24. The fourth-order valence-corrected chi connectivity index (χ4v) is 4.42. The summed E-state index contributed by atoms with van der Waals surface area (Å²) in [5.74, 6) is -0.947. The van der Waals surface area contributed by atoms with E-state index < -0.39 is 17.2 Å². The van der Waals surface area contributed by atoms with Gasteiger partial charge in [0.25, 0.3) is 11.5 Å². The lowest BCUT2D eigenvalue weighted by atomic mass is 10.1. The van der Waals surface area contributed by atoms with Gasteiger partial charge in [0.1, 0.15) is 15.5 Å². The van der Waals surface area contributed by atoms with E-state index in [9.17, 15) is 23.6 Å². The molecule has 0 bridgehead atoms. The zero-order valence-corrected chi connectivity index (χ0v) is 18.5. The van der Waals surface area contributed by atoms with Gasteiger partial charge in [-0.2, -0.15) is 0 Å². The monoisotopic (exact) mass is 465 g/mol. The fraction of sp³-hybridized carbons (Fsp3) is 0.167. The van der Waals surface area contributed by atoms with Crippen LogP contribution in [0.4, 0.5) is 4.39 Å². The lowest BCUT2D eigenvalue weighted by Gasteiger charge is -2.07. The third kappa shape index (κ3) is 4.68. The van der Waals surface area contributed by atoms with Gasteiger partial charge in [-0.05, 0) is 24.6 Å². The highest BCUT2D eigenvalue weighted by Gasteiger charge is 2.18. The molecule has 0 radical (unpaired) electrons. The standard InChI is InChI=1S/C24H20FN3O4S/c1-15-22(31)27(12-11-19(29)17-5-3-2-4-6-17)24(32)28-14-20(33-23(15)28)21(30)26-13-16-7-9-18(25)10-8-16/h2-10,14H,11-13H2,1H3,(H,26,30). The lowest BCUT2D eigenvalue weighted by Crippen LogP contribution is -2.38. The second-order valence-electron chi connectivity index (χ2n) is 7.48. The summed E-state index contributed by atoms with van der Waals surface area (Å²) in [4.78, 5) is 51.4. The van der Waals surface area contributed by atoms with E-state index in [1.165, 1.54) is 22.7 Å². The van der Waals surface area contributed by atoms with E-state index in [0.717, 1.165) is 21.5 Å². The highest BCUT2D eigenvalue weighted by atomic mass is 32.1. The average Bonchev–Trinajstić information content (AvgIpc) is 3.28. The molecule has 0 aliphatic rings. The van der Waals surface area contributed by atoms with Crippen LogP contribution in [-0.2, 0) is 13.1 Å². The van der Waals surface area contributed by atoms with Crippen LogP contribution in [0.1, 0.15) is 37.6 Å². The number of aromatic nitrogens is 2. The Labute approximate surface area is 191 Å². The molecule has 0 fully saturated rings. The molecule has 9 heteroatoms. The summed E-state index contributed by atoms with van der Waals surface area (Å²) in [6.45, 7) is 1.72. The summed E-state index contributed by atoms with van der Waals surface area (Å²) < 4.78 is 15.3. The lowest BCUT2D eigenvalue weighted by molar-refractivity contribution is 0.0952. The molecule has 2 heterocycles. The Kier molecular flexibility index (Phi) is 6.32. The first-order valence-electron chi connectivity index (χ1n) is 10.2. The summed E-state index contributed by atoms with van der Waals surface area (Å²) in [6, 6.07) is 14.4. The smallest absolute Gasteiger partial charge is 0.336 e. The Morgan fingerprint density at radius 3 is 2.42 bits per heavy atom. The number of carbonyl (C=O) groups excluding carboxylic acids is 2. The predicted molar refractivity (Wildman–Crippen MR) is 124 cm³/mol. The van der Waals surface area contributed by atoms with Crippen molar-refractivity contribution in [1.82, 2.24) is 14.3 Å². The number of Topliss-reactive ketones (excluding diaryl/α,β-unsaturated/α-hetero) is 1. The highest BCUT2D eigenvalue weighted by molar-refractivity contribution is 7.19. The van der Waals surface area contributed by atoms with Crippen molar-refractivity contribution in [3.63, 3.8) is 0 Å². The number of hydrogen-bond acceptors (Lipinski definition) is 5. The summed E-state index contributed by atoms with van der Waals surface area (Å²) in [5, 5.41) is 2.73. The van der Waals surface area contributed by atoms with Crippen LogP contribution in [0.2, 0.25) is 0 Å². The van der Waals surface area contributed by atoms with Gasteiger partial charge in [-0.25, -0.2) is 9.18 Å². The maximum Gasteiger partial charge on any atom is 0.336 e. The number of ketones is 1. The number of nitrogens with one attached hydrogen (secondary N) is 1. The van der Waals surface area contributed by atoms with Crippen molar-refractivity contribution < 1.29 is 14.0 Å². The van der Waals surface area contributed by atoms with E-state index in [0.29, 0.717) is 16.0 Å². The molecule has 0 aliphatic carbocycles. The van der Waals surface area contributed by atoms with Crippen LogP contribution in [0.15, 0.2) is 70.4 Å². The van der Waals surface area contributed by atoms with Gasteiger partial charge >= 0.3 is 5.69 Å². The molecule has 4 aromatic rings. The van der Waals surface area contributed by atoms with Crippen molar-refractivity contribution in [2.75, 3.05) is 0 Å². The van der Waals surface area contributed by atoms with Crippen LogP contribution in [-0.4, -0.2) is 20.7 Å². The number of amides is 1. The Balaban J connectivity index is 1.56. The number of rotatable bonds is 7. The first kappa shape index (κ1) is 22.3. The molecule has 2 aromatic carbocycles. The number of thiazole rings is 1. The highest BCUT2D eigenvalue weighted by Crippen LogP contribution is 2.18. The molecule has 0 aliphatic heterocycles. The molecule has 4 rings (SSSR count). The van der Waals surface area contributed by atoms with Crippen LogP contribution in [0.3, 0.4) is 0 Å². The first-order chi connectivity index (χ1) is 15.8. The van der Waals surface area contributed by atoms with Crippen molar-refractivity contribution in [2.24, 2.45) is 0 Å². The Hall–Kier alpha value is -3.85. The summed E-state index contributed by atoms with van der Waals surface area (Å²) in [7, 11) is 0. The summed E-state index contributed by atoms with van der Waals surface area (Å²) in [5.41, 5.74) is 0.474. The SMILES string of the molecule is Cc1c(=O)n(CCC(=O)c2ccccc2)c(=O)n2cc(C(=O)NCc3ccc(F)cc3)sc12. The minimum absolute atomic E-state index is 0.000182. The molecule has 0 unspecified atom stereocenters. The van der Waals surface area contributed by atoms with E-state index in [-0.39, 0.29) is 36.0 Å². The molecule has 1 amide bonds. The minimum atomic E-state index is -0.602. The van der Waals surface area contributed by atoms with Crippen LogP contribution >= 0.6 is 11.3 Å². The van der Waals surface area contributed by atoms with Crippen molar-refractivity contribution in [1.29, 1.82) is 0 Å². The Morgan fingerprint density at radius 1 is 1.03 bits per heavy atom. The van der Waals surface area contributed by atoms with E-state index >= 15 is 0 Å². The topological polar surface area (TPSA) is 89.7 Å². The van der Waals surface area contributed by atoms with Crippen LogP contribution in [0.5, 0.6) is 0 Å². The van der Waals surface area contributed by atoms with Crippen molar-refractivity contribution in [2.45, 2.75) is 26.4 Å². The number of carbonyl (C=O) groups is 2. The van der Waals surface area contributed by atoms with Crippen molar-refractivity contribution in [3.05, 3.63) is 109 Å². The number of benzene rings is 2. The number of nitrogens with zero attached hydrogens (tertiary/aromatic N) is 2. The predicted octanol–water partition coefficient (Wildman–Crippen LogP) is 3.17. The molecule has 0 saturated heterocycles. The van der Waals surface area contributed by atoms with E-state index in [2.05, 4.69) is 5.32 Å². The second kappa shape index (κ2) is 9.33. The van der Waals surface area contributed by atoms with Crippen LogP contribution in [0, 0.1) is 12.7 Å². The zero-order valence-electron chi connectivity index (χ0n) is 17.7. The van der Waals surface area contributed by atoms with Gasteiger partial charge in [-0.1, -0.05) is 42.5 Å². The van der Waals surface area contributed by atoms with E-state index in [1.54, 1.807) is 49.4 Å². The number of fused-ring (bicyclic) bond motifs is 1. The van der Waals surface area contributed by atoms with E-state index in [4.69, 9.17) is 0 Å². The van der Waals surface area contributed by atoms with E-state index in [1.807, 2.05) is 0 Å². The third-order valence-corrected chi connectivity index (χ3v) is 6.45. The Morgan fingerprint density at radius 2 is 1.73 bits per heavy atom. The van der Waals surface area contributed by atoms with Crippen molar-refractivity contribution >= 4 is 27.9 Å². The average molecular weight is 466 g/mol. The maximum absolute atomic E-state index is 13.0. The number of halogens is 1. The molecule has 1 N–H and O–H groups in total. The fourth-order valence-electron chi connectivity index (χ4n) is 3.42. The van der Waals surface area contributed by atoms with Gasteiger partial charge in [0, 0.05) is 36.8 Å². The van der Waals surface area contributed by atoms with Crippen molar-refractivity contribution in [3.8, 4) is 0 Å². The van der Waals surface area contributed by atoms with Gasteiger partial charge < -0.3 is 5.32 Å². The summed E-state index contributed by atoms with van der Waals surface area (Å²) in [6.07, 6.45) is 1.39. The Bertz CT molecular complexity index is 1450. The number of aryl methyl sites for hydroxylation is 1. The van der Waals surface area contributed by atoms with Gasteiger partial charge in [0.15, 0.2) is 5.78 Å². The maximum atomic E-state index is 13.0.